The van der Waals surface area contributed by atoms with Gasteiger partial charge < -0.3 is 4.90 Å². The molecule has 4 rings (SSSR count). The molecule has 2 aromatic rings. The number of carbonyl (C=O) groups is 1. The third-order valence-corrected chi connectivity index (χ3v) is 7.50. The summed E-state index contributed by atoms with van der Waals surface area (Å²) in [5.74, 6) is -0.0848. The van der Waals surface area contributed by atoms with Crippen molar-refractivity contribution in [1.82, 2.24) is 4.90 Å². The molecule has 0 aliphatic carbocycles. The van der Waals surface area contributed by atoms with E-state index in [2.05, 4.69) is 0 Å². The van der Waals surface area contributed by atoms with E-state index in [1.807, 2.05) is 43.3 Å². The number of benzene rings is 2. The van der Waals surface area contributed by atoms with Crippen LogP contribution in [0.25, 0.3) is 0 Å². The molecule has 124 valence electrons. The molecule has 2 atom stereocenters. The monoisotopic (exact) mass is 341 g/mol. The Morgan fingerprint density at radius 3 is 2.58 bits per heavy atom. The lowest BCUT2D eigenvalue weighted by Crippen LogP contribution is -2.33. The quantitative estimate of drug-likeness (QED) is 0.842. The van der Waals surface area contributed by atoms with Gasteiger partial charge >= 0.3 is 0 Å². The minimum Gasteiger partial charge on any atom is -0.340 e. The second-order valence-corrected chi connectivity index (χ2v) is 8.77. The van der Waals surface area contributed by atoms with Gasteiger partial charge in [0.15, 0.2) is 9.84 Å². The van der Waals surface area contributed by atoms with Gasteiger partial charge in [0.2, 0.25) is 5.91 Å². The van der Waals surface area contributed by atoms with Crippen molar-refractivity contribution in [2.75, 3.05) is 13.1 Å². The number of aryl methyl sites for hydroxylation is 1. The van der Waals surface area contributed by atoms with Crippen LogP contribution >= 0.6 is 0 Å². The lowest BCUT2D eigenvalue weighted by atomic mass is 9.99. The Morgan fingerprint density at radius 1 is 1.08 bits per heavy atom. The highest BCUT2D eigenvalue weighted by molar-refractivity contribution is 7.92. The summed E-state index contributed by atoms with van der Waals surface area (Å²) < 4.78 is 25.4. The van der Waals surface area contributed by atoms with E-state index in [9.17, 15) is 13.2 Å². The molecule has 2 aliphatic heterocycles. The molecule has 0 aromatic heterocycles. The predicted octanol–water partition coefficient (Wildman–Crippen LogP) is 2.32. The third-order valence-electron chi connectivity index (χ3n) is 5.25. The molecule has 1 fully saturated rings. The Morgan fingerprint density at radius 2 is 1.79 bits per heavy atom. The Kier molecular flexibility index (Phi) is 3.49. The molecule has 0 spiro atoms. The average Bonchev–Trinajstić information content (AvgIpc) is 3.10. The normalized spacial score (nSPS) is 23.8. The smallest absolute Gasteiger partial charge is 0.227 e. The number of amides is 1. The molecule has 1 amide bonds. The largest absolute Gasteiger partial charge is 0.340 e. The van der Waals surface area contributed by atoms with Gasteiger partial charge in [-0.2, -0.15) is 0 Å². The maximum Gasteiger partial charge on any atom is 0.227 e. The second kappa shape index (κ2) is 5.45. The molecule has 24 heavy (non-hydrogen) atoms. The van der Waals surface area contributed by atoms with Crippen LogP contribution in [0.1, 0.15) is 22.6 Å². The molecular weight excluding hydrogens is 322 g/mol. The maximum absolute atomic E-state index is 12.7. The molecule has 0 unspecified atom stereocenters. The van der Waals surface area contributed by atoms with E-state index >= 15 is 0 Å². The summed E-state index contributed by atoms with van der Waals surface area (Å²) in [7, 11) is -3.32. The molecule has 2 aliphatic rings. The maximum atomic E-state index is 12.7. The fourth-order valence-corrected chi connectivity index (χ4v) is 6.07. The molecular formula is C19H19NO3S. The zero-order valence-electron chi connectivity index (χ0n) is 13.5. The van der Waals surface area contributed by atoms with Crippen LogP contribution in [0.4, 0.5) is 0 Å². The highest BCUT2D eigenvalue weighted by atomic mass is 32.2. The summed E-state index contributed by atoms with van der Waals surface area (Å²) in [6, 6.07) is 15.0. The minimum atomic E-state index is -3.32. The number of carbonyl (C=O) groups excluding carboxylic acids is 1. The Bertz CT molecular complexity index is 920. The number of sulfone groups is 1. The molecule has 5 heteroatoms. The topological polar surface area (TPSA) is 54.5 Å². The summed E-state index contributed by atoms with van der Waals surface area (Å²) >= 11 is 0. The standard InChI is InChI=1S/C19H19NO3S/c1-13-6-2-3-7-14(13)10-19(21)20-11-16-15-8-4-5-9-17(15)24(22,23)18(16)12-20/h2-9,16,18H,10-12H2,1H3/t16-,18-/m1/s1. The number of likely N-dealkylation sites (tertiary alicyclic amines) is 1. The number of fused-ring (bicyclic) bond motifs is 3. The summed E-state index contributed by atoms with van der Waals surface area (Å²) in [5, 5.41) is -0.490. The van der Waals surface area contributed by atoms with Gasteiger partial charge in [-0.1, -0.05) is 42.5 Å². The van der Waals surface area contributed by atoms with E-state index in [1.54, 1.807) is 17.0 Å². The van der Waals surface area contributed by atoms with Gasteiger partial charge in [-0.3, -0.25) is 4.79 Å². The van der Waals surface area contributed by atoms with Crippen molar-refractivity contribution in [3.05, 3.63) is 65.2 Å². The Hall–Kier alpha value is -2.14. The third kappa shape index (κ3) is 2.26. The second-order valence-electron chi connectivity index (χ2n) is 6.63. The van der Waals surface area contributed by atoms with Gasteiger partial charge in [0.05, 0.1) is 16.6 Å². The van der Waals surface area contributed by atoms with E-state index < -0.39 is 15.1 Å². The van der Waals surface area contributed by atoms with Gasteiger partial charge in [-0.25, -0.2) is 8.42 Å². The molecule has 4 nitrogen and oxygen atoms in total. The highest BCUT2D eigenvalue weighted by Crippen LogP contribution is 2.44. The van der Waals surface area contributed by atoms with Crippen molar-refractivity contribution in [2.24, 2.45) is 0 Å². The van der Waals surface area contributed by atoms with Crippen LogP contribution in [-0.4, -0.2) is 37.6 Å². The number of rotatable bonds is 2. The zero-order chi connectivity index (χ0) is 16.9. The first kappa shape index (κ1) is 15.4. The van der Waals surface area contributed by atoms with Crippen LogP contribution in [0.5, 0.6) is 0 Å². The SMILES string of the molecule is Cc1ccccc1CC(=O)N1C[C@@H]2c3ccccc3S(=O)(=O)[C@@H]2C1. The lowest BCUT2D eigenvalue weighted by Gasteiger charge is -2.18. The molecule has 0 saturated carbocycles. The van der Waals surface area contributed by atoms with Gasteiger partial charge in [0.25, 0.3) is 0 Å². The van der Waals surface area contributed by atoms with Gasteiger partial charge in [0, 0.05) is 19.0 Å². The van der Waals surface area contributed by atoms with Crippen LogP contribution in [0.2, 0.25) is 0 Å². The average molecular weight is 341 g/mol. The summed E-state index contributed by atoms with van der Waals surface area (Å²) in [4.78, 5) is 14.8. The van der Waals surface area contributed by atoms with Crippen LogP contribution in [0.3, 0.4) is 0 Å². The van der Waals surface area contributed by atoms with Crippen molar-refractivity contribution in [1.29, 1.82) is 0 Å². The first-order chi connectivity index (χ1) is 11.5. The summed E-state index contributed by atoms with van der Waals surface area (Å²) in [5.41, 5.74) is 2.96. The predicted molar refractivity (Wildman–Crippen MR) is 91.6 cm³/mol. The van der Waals surface area contributed by atoms with Crippen LogP contribution in [0, 0.1) is 6.92 Å². The number of nitrogens with zero attached hydrogens (tertiary/aromatic N) is 1. The van der Waals surface area contributed by atoms with E-state index in [4.69, 9.17) is 0 Å². The first-order valence-corrected chi connectivity index (χ1v) is 9.68. The van der Waals surface area contributed by atoms with Gasteiger partial charge in [-0.05, 0) is 29.7 Å². The van der Waals surface area contributed by atoms with Crippen molar-refractivity contribution in [3.63, 3.8) is 0 Å². The fraction of sp³-hybridized carbons (Fsp3) is 0.316. The minimum absolute atomic E-state index is 0.00591. The van der Waals surface area contributed by atoms with E-state index in [-0.39, 0.29) is 11.8 Å². The summed E-state index contributed by atoms with van der Waals surface area (Å²) in [6.45, 7) is 2.78. The molecule has 2 heterocycles. The molecule has 0 bridgehead atoms. The van der Waals surface area contributed by atoms with Crippen molar-refractivity contribution < 1.29 is 13.2 Å². The van der Waals surface area contributed by atoms with E-state index in [0.29, 0.717) is 24.4 Å². The number of hydrogen-bond acceptors (Lipinski definition) is 3. The van der Waals surface area contributed by atoms with Crippen LogP contribution in [-0.2, 0) is 21.1 Å². The van der Waals surface area contributed by atoms with Crippen molar-refractivity contribution in [3.8, 4) is 0 Å². The van der Waals surface area contributed by atoms with Crippen molar-refractivity contribution in [2.45, 2.75) is 29.4 Å². The highest BCUT2D eigenvalue weighted by Gasteiger charge is 2.50. The molecule has 0 radical (unpaired) electrons. The molecule has 1 saturated heterocycles. The van der Waals surface area contributed by atoms with E-state index in [0.717, 1.165) is 16.7 Å². The number of hydrogen-bond donors (Lipinski definition) is 0. The van der Waals surface area contributed by atoms with Crippen LogP contribution < -0.4 is 0 Å². The molecule has 2 aromatic carbocycles. The zero-order valence-corrected chi connectivity index (χ0v) is 14.3. The van der Waals surface area contributed by atoms with Crippen molar-refractivity contribution >= 4 is 15.7 Å². The summed E-state index contributed by atoms with van der Waals surface area (Å²) in [6.07, 6.45) is 0.327. The van der Waals surface area contributed by atoms with Crippen LogP contribution in [0.15, 0.2) is 53.4 Å². The molecule has 0 N–H and O–H groups in total. The first-order valence-electron chi connectivity index (χ1n) is 8.13. The van der Waals surface area contributed by atoms with E-state index in [1.165, 1.54) is 0 Å². The van der Waals surface area contributed by atoms with Gasteiger partial charge in [0.1, 0.15) is 0 Å². The Labute approximate surface area is 142 Å². The lowest BCUT2D eigenvalue weighted by molar-refractivity contribution is -0.129. The fourth-order valence-electron chi connectivity index (χ4n) is 3.88. The van der Waals surface area contributed by atoms with Gasteiger partial charge in [-0.15, -0.1) is 0 Å². The Balaban J connectivity index is 1.58.